The fourth-order valence-electron chi connectivity index (χ4n) is 0.555. The van der Waals surface area contributed by atoms with Crippen LogP contribution in [0, 0.1) is 0 Å². The third kappa shape index (κ3) is 1.42. The van der Waals surface area contributed by atoms with Gasteiger partial charge in [-0.2, -0.15) is 0 Å². The summed E-state index contributed by atoms with van der Waals surface area (Å²) in [7, 11) is 0. The molecule has 0 aromatic carbocycles. The molecule has 0 spiro atoms. The Balaban J connectivity index is 2.34. The summed E-state index contributed by atoms with van der Waals surface area (Å²) in [6, 6.07) is 0. The molecule has 1 saturated heterocycles. The van der Waals surface area contributed by atoms with Gasteiger partial charge in [-0.15, -0.1) is 0 Å². The molecule has 1 heterocycles. The number of hydrogen-bond acceptors (Lipinski definition) is 3. The first-order valence-corrected chi connectivity index (χ1v) is 2.59. The van der Waals surface area contributed by atoms with Gasteiger partial charge < -0.3 is 10.0 Å². The Hall–Kier alpha value is -1.06. The van der Waals surface area contributed by atoms with Crippen LogP contribution in [0.15, 0.2) is 0 Å². The smallest absolute Gasteiger partial charge is 0.304 e. The zero-order chi connectivity index (χ0) is 7.72. The number of esters is 1. The summed E-state index contributed by atoms with van der Waals surface area (Å²) >= 11 is 0. The molecule has 0 radical (unpaired) electrons. The predicted octanol–water partition coefficient (Wildman–Crippen LogP) is -0.605. The second-order valence-corrected chi connectivity index (χ2v) is 1.79. The molecule has 1 atom stereocenters. The highest BCUT2D eigenvalue weighted by Gasteiger charge is 2.27. The number of amides is 1. The van der Waals surface area contributed by atoms with Gasteiger partial charge in [0.2, 0.25) is 5.91 Å². The minimum atomic E-state index is -0.648. The van der Waals surface area contributed by atoms with Gasteiger partial charge in [-0.05, 0) is 0 Å². The Kier molecular flexibility index (Phi) is 1.09. The first-order valence-electron chi connectivity index (χ1n) is 3.04. The molecular weight excluding hydrogens is 122 g/mol. The monoisotopic (exact) mass is 130 g/mol. The molecule has 4 nitrogen and oxygen atoms in total. The Morgan fingerprint density at radius 3 is 3.11 bits per heavy atom. The van der Waals surface area contributed by atoms with Crippen molar-refractivity contribution in [3.63, 3.8) is 0 Å². The summed E-state index contributed by atoms with van der Waals surface area (Å²) in [5.41, 5.74) is 0. The van der Waals surface area contributed by atoms with Crippen LogP contribution in [0.1, 0.15) is 13.3 Å². The van der Waals surface area contributed by atoms with Crippen LogP contribution >= 0.6 is 0 Å². The molecule has 0 aromatic heterocycles. The van der Waals surface area contributed by atoms with Crippen LogP contribution in [0.25, 0.3) is 0 Å². The molecule has 1 fully saturated rings. The van der Waals surface area contributed by atoms with Gasteiger partial charge in [0.25, 0.3) is 0 Å². The van der Waals surface area contributed by atoms with E-state index in [2.05, 4.69) is 4.74 Å². The Morgan fingerprint density at radius 2 is 2.78 bits per heavy atom. The van der Waals surface area contributed by atoms with Crippen LogP contribution in [-0.4, -0.2) is 18.1 Å². The fourth-order valence-corrected chi connectivity index (χ4v) is 0.555. The highest BCUT2D eigenvalue weighted by Crippen LogP contribution is 2.04. The summed E-state index contributed by atoms with van der Waals surface area (Å²) in [6.07, 6.45) is -0.506. The molecule has 1 amide bonds. The number of nitrogens with one attached hydrogen (secondary N) is 1. The molecule has 0 bridgehead atoms. The van der Waals surface area contributed by atoms with E-state index in [9.17, 15) is 9.59 Å². The second-order valence-electron chi connectivity index (χ2n) is 1.79. The van der Waals surface area contributed by atoms with Gasteiger partial charge in [0, 0.05) is 6.92 Å². The quantitative estimate of drug-likeness (QED) is 0.380. The summed E-state index contributed by atoms with van der Waals surface area (Å²) in [5, 5.41) is 0.654. The zero-order valence-corrected chi connectivity index (χ0v) is 4.96. The van der Waals surface area contributed by atoms with Gasteiger partial charge in [0.05, 0.1) is 6.42 Å². The van der Waals surface area contributed by atoms with Crippen LogP contribution in [-0.2, 0) is 14.3 Å². The van der Waals surface area contributed by atoms with Crippen molar-refractivity contribution in [2.24, 2.45) is 0 Å². The van der Waals surface area contributed by atoms with E-state index in [1.807, 2.05) is 0 Å². The van der Waals surface area contributed by atoms with E-state index in [0.717, 1.165) is 0 Å². The van der Waals surface area contributed by atoms with Crippen LogP contribution in [0.4, 0.5) is 0 Å². The maximum absolute atomic E-state index is 10.4. The number of carbonyl (C=O) groups excluding carboxylic acids is 2. The topological polar surface area (TPSA) is 55.4 Å². The lowest BCUT2D eigenvalue weighted by atomic mass is 10.2. The molecule has 0 aromatic rings. The van der Waals surface area contributed by atoms with E-state index in [1.165, 1.54) is 6.92 Å². The lowest BCUT2D eigenvalue weighted by molar-refractivity contribution is -0.158. The minimum absolute atomic E-state index is 0.142. The van der Waals surface area contributed by atoms with Crippen molar-refractivity contribution in [2.45, 2.75) is 19.6 Å². The minimum Gasteiger partial charge on any atom is -0.441 e. The van der Waals surface area contributed by atoms with Gasteiger partial charge in [-0.1, -0.05) is 0 Å². The van der Waals surface area contributed by atoms with Gasteiger partial charge >= 0.3 is 5.97 Å². The standard InChI is InChI=1S/C5H7NO3/c1-3(7)9-5-2-4(8)6-5/h5H,2H2,1H3,(H,6,8)/i/hD. The van der Waals surface area contributed by atoms with Crippen molar-refractivity contribution in [1.82, 2.24) is 5.31 Å². The summed E-state index contributed by atoms with van der Waals surface area (Å²) < 4.78 is 11.4. The molecule has 1 aliphatic rings. The summed E-state index contributed by atoms with van der Waals surface area (Å²) in [5.74, 6) is -0.777. The summed E-state index contributed by atoms with van der Waals surface area (Å²) in [4.78, 5) is 20.6. The number of ether oxygens (including phenoxy) is 1. The molecule has 1 unspecified atom stereocenters. The predicted molar refractivity (Wildman–Crippen MR) is 28.3 cm³/mol. The number of rotatable bonds is 1. The van der Waals surface area contributed by atoms with E-state index < -0.39 is 12.2 Å². The molecule has 9 heavy (non-hydrogen) atoms. The van der Waals surface area contributed by atoms with Gasteiger partial charge in [-0.25, -0.2) is 0 Å². The highest BCUT2D eigenvalue weighted by atomic mass is 16.6. The van der Waals surface area contributed by atoms with E-state index in [-0.39, 0.29) is 12.3 Å². The maximum atomic E-state index is 10.4. The van der Waals surface area contributed by atoms with E-state index in [4.69, 9.17) is 1.41 Å². The SMILES string of the molecule is [2H]N1C(=O)CC1OC(C)=O. The van der Waals surface area contributed by atoms with Crippen molar-refractivity contribution in [3.05, 3.63) is 0 Å². The summed E-state index contributed by atoms with van der Waals surface area (Å²) in [6.45, 7) is 1.25. The number of hydrogen-bond donors (Lipinski definition) is 1. The average molecular weight is 130 g/mol. The number of carbonyl (C=O) groups is 2. The van der Waals surface area contributed by atoms with Crippen LogP contribution < -0.4 is 5.31 Å². The third-order valence-electron chi connectivity index (χ3n) is 0.939. The van der Waals surface area contributed by atoms with E-state index in [1.54, 1.807) is 0 Å². The highest BCUT2D eigenvalue weighted by molar-refractivity contribution is 5.83. The third-order valence-corrected chi connectivity index (χ3v) is 0.939. The van der Waals surface area contributed by atoms with Crippen molar-refractivity contribution in [3.8, 4) is 0 Å². The van der Waals surface area contributed by atoms with E-state index >= 15 is 0 Å². The molecule has 0 aliphatic carbocycles. The molecule has 4 heteroatoms. The first-order chi connectivity index (χ1) is 4.61. The average Bonchev–Trinajstić information content (AvgIpc) is 1.86. The Labute approximate surface area is 53.6 Å². The number of β-lactam (4-membered cyclic amide) rings is 1. The van der Waals surface area contributed by atoms with Crippen LogP contribution in [0.3, 0.4) is 0 Å². The van der Waals surface area contributed by atoms with Crippen LogP contribution in [0.5, 0.6) is 0 Å². The maximum Gasteiger partial charge on any atom is 0.304 e. The molecule has 1 aliphatic heterocycles. The molecule has 1 N–H and O–H groups in total. The van der Waals surface area contributed by atoms with Crippen molar-refractivity contribution in [1.29, 1.82) is 0 Å². The molecule has 50 valence electrons. The van der Waals surface area contributed by atoms with Gasteiger partial charge in [0.1, 0.15) is 0 Å². The molecule has 0 saturated carbocycles. The molecule has 1 rings (SSSR count). The molecular formula is C5H7NO3. The van der Waals surface area contributed by atoms with Crippen LogP contribution in [0.2, 0.25) is 1.41 Å². The normalized spacial score (nSPS) is 26.8. The largest absolute Gasteiger partial charge is 0.441 e. The van der Waals surface area contributed by atoms with E-state index in [0.29, 0.717) is 5.31 Å². The first kappa shape index (κ1) is 4.78. The lowest BCUT2D eigenvalue weighted by Gasteiger charge is -2.25. The lowest BCUT2D eigenvalue weighted by Crippen LogP contribution is -2.50. The van der Waals surface area contributed by atoms with Crippen molar-refractivity contribution >= 4 is 11.9 Å². The fraction of sp³-hybridized carbons (Fsp3) is 0.600. The zero-order valence-electron chi connectivity index (χ0n) is 5.96. The Morgan fingerprint density at radius 1 is 2.11 bits per heavy atom. The van der Waals surface area contributed by atoms with Gasteiger partial charge in [-0.3, -0.25) is 9.59 Å². The Bertz CT molecular complexity index is 182. The van der Waals surface area contributed by atoms with Crippen molar-refractivity contribution in [2.75, 3.05) is 0 Å². The van der Waals surface area contributed by atoms with Crippen molar-refractivity contribution < 1.29 is 15.7 Å². The second kappa shape index (κ2) is 2.05. The van der Waals surface area contributed by atoms with Gasteiger partial charge in [0.15, 0.2) is 7.64 Å².